The number of ether oxygens (including phenoxy) is 4. The molecule has 666 valence electrons. The van der Waals surface area contributed by atoms with Gasteiger partial charge in [-0.25, -0.2) is 49.1 Å². The maximum Gasteiger partial charge on any atom is 0.343 e. The molecular weight excluding hydrogens is 1730 g/mol. The number of nitrogens with one attached hydrogen (secondary N) is 2. The molecule has 0 aliphatic carbocycles. The number of carbonyl (C=O) groups is 4. The monoisotopic (exact) mass is 1810 g/mol. The van der Waals surface area contributed by atoms with E-state index in [4.69, 9.17) is 48.9 Å². The highest BCUT2D eigenvalue weighted by Crippen LogP contribution is 2.42. The molecule has 5 heterocycles. The van der Waals surface area contributed by atoms with E-state index in [-0.39, 0.29) is 0 Å². The first-order chi connectivity index (χ1) is 69.0. The lowest BCUT2D eigenvalue weighted by molar-refractivity contribution is 0.0725. The Hall–Kier alpha value is -19.3. The molecule has 0 unspecified atom stereocenters. The SMILES string of the molecule is O=C(Oc1ccc(C(=Nc2ccc(-c3c4nc(c(-c5ccc(N=C(c6ccccc6)c6ccc(OC(=O)c7ccccc7)cc6)cc5)c5ccc([nH]5)c(-c5ccc(N=C(c6ccccc6)c6ccc(OC(=O)c7ccccc7)cc6)cc5)c5nc(c(-c6ccc(N=C(c7ccccc7)c7ccc(OC(=O)c8ccccc8)cc7)cc6)c6ccc3[nH]6)C=C5)C=C4)cc2)c2ccccc2)cc1)c1ccccc1. The summed E-state index contributed by atoms with van der Waals surface area (Å²) >= 11 is 0. The second-order valence-electron chi connectivity index (χ2n) is 33.1. The molecule has 0 fully saturated rings. The molecule has 19 aromatic rings. The van der Waals surface area contributed by atoms with E-state index in [1.54, 1.807) is 146 Å². The van der Waals surface area contributed by atoms with E-state index in [0.29, 0.717) is 114 Å². The Morgan fingerprint density at radius 2 is 0.343 bits per heavy atom. The van der Waals surface area contributed by atoms with E-state index < -0.39 is 23.9 Å². The first-order valence-electron chi connectivity index (χ1n) is 45.6. The van der Waals surface area contributed by atoms with Gasteiger partial charge in [-0.1, -0.05) is 243 Å². The van der Waals surface area contributed by atoms with Crippen molar-refractivity contribution in [1.82, 2.24) is 19.9 Å². The van der Waals surface area contributed by atoms with E-state index in [0.717, 1.165) is 111 Å². The second-order valence-corrected chi connectivity index (χ2v) is 33.1. The fourth-order valence-corrected chi connectivity index (χ4v) is 17.0. The molecule has 21 rings (SSSR count). The number of aliphatic imine (C=N–C) groups is 4. The molecule has 140 heavy (non-hydrogen) atoms. The van der Waals surface area contributed by atoms with Crippen LogP contribution in [-0.2, 0) is 0 Å². The molecule has 2 N–H and O–H groups in total. The Bertz CT molecular complexity index is 7240. The van der Waals surface area contributed by atoms with Crippen LogP contribution in [-0.4, -0.2) is 66.7 Å². The van der Waals surface area contributed by atoms with Crippen LogP contribution >= 0.6 is 0 Å². The van der Waals surface area contributed by atoms with Crippen LogP contribution in [0.15, 0.2) is 481 Å². The highest BCUT2D eigenvalue weighted by atomic mass is 16.5. The minimum absolute atomic E-state index is 0.400. The van der Waals surface area contributed by atoms with Gasteiger partial charge in [-0.2, -0.15) is 0 Å². The summed E-state index contributed by atoms with van der Waals surface area (Å²) in [5.74, 6) is -0.220. The molecule has 0 radical (unpaired) electrons. The van der Waals surface area contributed by atoms with Crippen LogP contribution in [0.5, 0.6) is 23.0 Å². The molecule has 16 nitrogen and oxygen atoms in total. The largest absolute Gasteiger partial charge is 0.423 e. The van der Waals surface area contributed by atoms with Crippen LogP contribution in [0.25, 0.3) is 90.9 Å². The Kier molecular flexibility index (Phi) is 25.1. The van der Waals surface area contributed by atoms with Crippen molar-refractivity contribution in [3.8, 4) is 67.5 Å². The Morgan fingerprint density at radius 1 is 0.179 bits per heavy atom. The minimum Gasteiger partial charge on any atom is -0.423 e. The van der Waals surface area contributed by atoms with Crippen molar-refractivity contribution < 1.29 is 38.1 Å². The highest BCUT2D eigenvalue weighted by Gasteiger charge is 2.24. The lowest BCUT2D eigenvalue weighted by Gasteiger charge is -2.11. The van der Waals surface area contributed by atoms with Gasteiger partial charge in [0.2, 0.25) is 0 Å². The summed E-state index contributed by atoms with van der Waals surface area (Å²) in [5.41, 5.74) is 26.5. The van der Waals surface area contributed by atoms with Crippen molar-refractivity contribution in [2.75, 3.05) is 0 Å². The number of carbonyl (C=O) groups excluding carboxylic acids is 4. The predicted molar refractivity (Wildman–Crippen MR) is 559 cm³/mol. The predicted octanol–water partition coefficient (Wildman–Crippen LogP) is 28.9. The smallest absolute Gasteiger partial charge is 0.343 e. The summed E-state index contributed by atoms with van der Waals surface area (Å²) in [6.07, 6.45) is 8.29. The van der Waals surface area contributed by atoms with Crippen LogP contribution in [0, 0.1) is 0 Å². The average molecular weight is 1810 g/mol. The van der Waals surface area contributed by atoms with Gasteiger partial charge in [0, 0.05) is 88.8 Å². The Balaban J connectivity index is 0.725. The van der Waals surface area contributed by atoms with Crippen molar-refractivity contribution in [2.45, 2.75) is 0 Å². The molecule has 0 saturated carbocycles. The summed E-state index contributed by atoms with van der Waals surface area (Å²) in [6, 6.07) is 146. The number of hydrogen-bond acceptors (Lipinski definition) is 14. The zero-order valence-electron chi connectivity index (χ0n) is 75.1. The van der Waals surface area contributed by atoms with Gasteiger partial charge in [-0.15, -0.1) is 0 Å². The van der Waals surface area contributed by atoms with E-state index in [1.807, 2.05) is 243 Å². The first-order valence-corrected chi connectivity index (χ1v) is 45.6. The fraction of sp³-hybridized carbons (Fsp3) is 0. The van der Waals surface area contributed by atoms with E-state index in [2.05, 4.69) is 107 Å². The number of fused-ring (bicyclic) bond motifs is 8. The molecule has 2 aliphatic rings. The molecule has 2 aliphatic heterocycles. The molecule has 8 bridgehead atoms. The number of H-pyrrole nitrogens is 2. The quantitative estimate of drug-likeness (QED) is 0.0332. The molecule has 3 aromatic heterocycles. The minimum atomic E-state index is -0.455. The van der Waals surface area contributed by atoms with Gasteiger partial charge in [0.1, 0.15) is 23.0 Å². The van der Waals surface area contributed by atoms with Crippen molar-refractivity contribution in [3.63, 3.8) is 0 Å². The maximum absolute atomic E-state index is 13.2. The van der Waals surface area contributed by atoms with Crippen LogP contribution in [0.2, 0.25) is 0 Å². The highest BCUT2D eigenvalue weighted by molar-refractivity contribution is 6.17. The van der Waals surface area contributed by atoms with E-state index in [1.165, 1.54) is 0 Å². The number of benzene rings is 16. The summed E-state index contributed by atoms with van der Waals surface area (Å²) in [4.78, 5) is 93.9. The molecule has 0 saturated heterocycles. The van der Waals surface area contributed by atoms with Gasteiger partial charge in [-0.3, -0.25) is 0 Å². The van der Waals surface area contributed by atoms with Gasteiger partial charge >= 0.3 is 23.9 Å². The summed E-state index contributed by atoms with van der Waals surface area (Å²) < 4.78 is 23.3. The fourth-order valence-electron chi connectivity index (χ4n) is 17.0. The van der Waals surface area contributed by atoms with Crippen molar-refractivity contribution in [2.24, 2.45) is 20.0 Å². The first kappa shape index (κ1) is 87.3. The number of nitrogens with zero attached hydrogens (tertiary/aromatic N) is 6. The topological polar surface area (TPSA) is 212 Å². The summed E-state index contributed by atoms with van der Waals surface area (Å²) in [5, 5.41) is 0. The van der Waals surface area contributed by atoms with Crippen molar-refractivity contribution >= 4 is 116 Å². The zero-order valence-corrected chi connectivity index (χ0v) is 75.1. The van der Waals surface area contributed by atoms with Gasteiger partial charge in [0.25, 0.3) is 0 Å². The third-order valence-electron chi connectivity index (χ3n) is 23.9. The van der Waals surface area contributed by atoms with E-state index in [9.17, 15) is 19.2 Å². The molecule has 0 spiro atoms. The third-order valence-corrected chi connectivity index (χ3v) is 23.9. The van der Waals surface area contributed by atoms with Gasteiger partial charge in [0.05, 0.1) is 90.6 Å². The Labute approximate surface area is 806 Å². The van der Waals surface area contributed by atoms with Crippen LogP contribution < -0.4 is 18.9 Å². The van der Waals surface area contributed by atoms with Crippen molar-refractivity contribution in [3.05, 3.63) is 551 Å². The zero-order chi connectivity index (χ0) is 94.5. The number of aromatic nitrogens is 4. The van der Waals surface area contributed by atoms with E-state index >= 15 is 0 Å². The van der Waals surface area contributed by atoms with Crippen molar-refractivity contribution in [1.29, 1.82) is 0 Å². The Morgan fingerprint density at radius 3 is 0.521 bits per heavy atom. The maximum atomic E-state index is 13.2. The number of esters is 4. The summed E-state index contributed by atoms with van der Waals surface area (Å²) in [6.45, 7) is 0. The lowest BCUT2D eigenvalue weighted by Crippen LogP contribution is -2.08. The van der Waals surface area contributed by atoms with Crippen LogP contribution in [0.3, 0.4) is 0 Å². The number of aromatic amines is 2. The lowest BCUT2D eigenvalue weighted by atomic mass is 10.0. The number of rotatable bonds is 24. The van der Waals surface area contributed by atoms with Gasteiger partial charge in [0.15, 0.2) is 0 Å². The summed E-state index contributed by atoms with van der Waals surface area (Å²) in [7, 11) is 0. The average Bonchev–Trinajstić information content (AvgIpc) is 1.61. The van der Waals surface area contributed by atoms with Crippen LogP contribution in [0.4, 0.5) is 22.7 Å². The molecular formula is C124H82N8O8. The van der Waals surface area contributed by atoms with Gasteiger partial charge in [-0.05, 0) is 265 Å². The normalized spacial score (nSPS) is 11.9. The van der Waals surface area contributed by atoms with Gasteiger partial charge < -0.3 is 28.9 Å². The molecule has 16 heteroatoms. The number of hydrogen-bond donors (Lipinski definition) is 2. The molecule has 16 aromatic carbocycles. The second kappa shape index (κ2) is 40.2. The van der Waals surface area contributed by atoms with Crippen LogP contribution in [0.1, 0.15) is 109 Å². The molecule has 0 atom stereocenters. The molecule has 0 amide bonds. The third kappa shape index (κ3) is 19.7. The standard InChI is InChI=1S/C124H82N8O8/c133-121(93-33-17-5-18-34-93)137-101-65-49-89(50-66-101)117(85-25-9-1-10-26-85)125-97-57-41-81(42-58-97)113-105-73-75-107(129-105)114(82-43-59-98(60-44-82)126-118(86-27-11-2-12-28-86)90-51-67-102(68-52-90)138-122(134)94-35-19-6-20-36-94)109-77-79-111(131-109)116(84-47-63-100(64-48-84)128-120(88-31-15-4-16-32-88)92-55-71-104(72-56-92)140-124(136)96-39-23-8-24-40-96)112-80-78-110(132-112)115(108-76-74-106(113)130-108)83-45-61-99(62-46-83)127-119(87-29-13-3-14-30-87)91-53-69-103(70-54-91)139-123(135)95-37-21-7-22-38-95/h1-80,129,132H.